The Balaban J connectivity index is 1.98. The first kappa shape index (κ1) is 16.3. The Kier molecular flexibility index (Phi) is 4.71. The lowest BCUT2D eigenvalue weighted by Gasteiger charge is -2.15. The van der Waals surface area contributed by atoms with Crippen LogP contribution in [-0.4, -0.2) is 23.4 Å². The highest BCUT2D eigenvalue weighted by Crippen LogP contribution is 2.39. The molecule has 0 aliphatic rings. The number of aromatic nitrogens is 2. The Morgan fingerprint density at radius 2 is 1.83 bits per heavy atom. The van der Waals surface area contributed by atoms with Crippen molar-refractivity contribution >= 4 is 11.6 Å². The summed E-state index contributed by atoms with van der Waals surface area (Å²) >= 11 is 6.34. The zero-order valence-electron chi connectivity index (χ0n) is 13.6. The van der Waals surface area contributed by atoms with Crippen LogP contribution in [0.25, 0.3) is 22.8 Å². The largest absolute Gasteiger partial charge is 0.493 e. The van der Waals surface area contributed by atoms with Crippen molar-refractivity contribution in [1.29, 1.82) is 0 Å². The molecule has 0 saturated carbocycles. The second-order valence-corrected chi connectivity index (χ2v) is 5.85. The van der Waals surface area contributed by atoms with Crippen molar-refractivity contribution in [3.8, 4) is 34.3 Å². The third kappa shape index (κ3) is 3.36. The van der Waals surface area contributed by atoms with E-state index in [4.69, 9.17) is 25.6 Å². The predicted octanol–water partition coefficient (Wildman–Crippen LogP) is 4.85. The molecule has 1 heterocycles. The van der Waals surface area contributed by atoms with E-state index in [0.717, 1.165) is 5.56 Å². The number of rotatable bonds is 5. The molecule has 0 N–H and O–H groups in total. The molecule has 0 aliphatic heterocycles. The second-order valence-electron chi connectivity index (χ2n) is 5.45. The van der Waals surface area contributed by atoms with Gasteiger partial charge in [-0.15, -0.1) is 0 Å². The number of ether oxygens (including phenoxy) is 2. The van der Waals surface area contributed by atoms with Gasteiger partial charge in [0.15, 0.2) is 11.5 Å². The van der Waals surface area contributed by atoms with Gasteiger partial charge in [0.25, 0.3) is 5.89 Å². The van der Waals surface area contributed by atoms with Crippen LogP contribution in [0, 0.1) is 0 Å². The average Bonchev–Trinajstić information content (AvgIpc) is 3.07. The van der Waals surface area contributed by atoms with Crippen molar-refractivity contribution in [1.82, 2.24) is 10.1 Å². The van der Waals surface area contributed by atoms with E-state index >= 15 is 0 Å². The molecule has 0 spiro atoms. The summed E-state index contributed by atoms with van der Waals surface area (Å²) in [6.07, 6.45) is -0.0166. The van der Waals surface area contributed by atoms with Gasteiger partial charge in [-0.05, 0) is 38.1 Å². The monoisotopic (exact) mass is 344 g/mol. The molecular formula is C18H17ClN2O3. The molecule has 2 aromatic carbocycles. The van der Waals surface area contributed by atoms with Crippen molar-refractivity contribution in [3.05, 3.63) is 47.5 Å². The van der Waals surface area contributed by atoms with Crippen molar-refractivity contribution < 1.29 is 14.0 Å². The molecule has 0 radical (unpaired) electrons. The summed E-state index contributed by atoms with van der Waals surface area (Å²) in [5.74, 6) is 1.91. The van der Waals surface area contributed by atoms with Gasteiger partial charge in [-0.1, -0.05) is 35.0 Å². The van der Waals surface area contributed by atoms with Crippen LogP contribution >= 0.6 is 11.6 Å². The van der Waals surface area contributed by atoms with Gasteiger partial charge >= 0.3 is 0 Å². The van der Waals surface area contributed by atoms with Crippen molar-refractivity contribution in [2.75, 3.05) is 7.11 Å². The lowest BCUT2D eigenvalue weighted by molar-refractivity contribution is 0.230. The van der Waals surface area contributed by atoms with Crippen molar-refractivity contribution in [3.63, 3.8) is 0 Å². The molecule has 3 aromatic rings. The normalized spacial score (nSPS) is 10.9. The predicted molar refractivity (Wildman–Crippen MR) is 92.5 cm³/mol. The minimum absolute atomic E-state index is 0.0166. The molecule has 1 aromatic heterocycles. The maximum absolute atomic E-state index is 6.34. The summed E-state index contributed by atoms with van der Waals surface area (Å²) in [6.45, 7) is 3.85. The number of nitrogens with zero attached hydrogens (tertiary/aromatic N) is 2. The van der Waals surface area contributed by atoms with E-state index in [9.17, 15) is 0 Å². The molecule has 0 saturated heterocycles. The van der Waals surface area contributed by atoms with Gasteiger partial charge in [0, 0.05) is 11.1 Å². The molecule has 0 atom stereocenters. The standard InChI is InChI=1S/C18H17ClN2O3/c1-11(2)23-16-14(19)9-13(10-15(16)22-3)17-20-18(24-21-17)12-7-5-4-6-8-12/h4-11H,1-3H3. The minimum atomic E-state index is -0.0166. The molecule has 124 valence electrons. The Morgan fingerprint density at radius 3 is 2.50 bits per heavy atom. The van der Waals surface area contributed by atoms with E-state index < -0.39 is 0 Å². The molecule has 6 heteroatoms. The summed E-state index contributed by atoms with van der Waals surface area (Å²) in [6, 6.07) is 13.1. The summed E-state index contributed by atoms with van der Waals surface area (Å²) < 4.78 is 16.4. The summed E-state index contributed by atoms with van der Waals surface area (Å²) in [7, 11) is 1.56. The number of methoxy groups -OCH3 is 1. The van der Waals surface area contributed by atoms with Gasteiger partial charge in [-0.3, -0.25) is 0 Å². The van der Waals surface area contributed by atoms with Crippen LogP contribution in [0.1, 0.15) is 13.8 Å². The smallest absolute Gasteiger partial charge is 0.258 e. The molecule has 3 rings (SSSR count). The Labute approximate surface area is 145 Å². The average molecular weight is 345 g/mol. The Hall–Kier alpha value is -2.53. The van der Waals surface area contributed by atoms with Gasteiger partial charge < -0.3 is 14.0 Å². The highest BCUT2D eigenvalue weighted by atomic mass is 35.5. The summed E-state index contributed by atoms with van der Waals surface area (Å²) in [5, 5.41) is 4.46. The van der Waals surface area contributed by atoms with E-state index in [1.54, 1.807) is 19.2 Å². The first-order valence-electron chi connectivity index (χ1n) is 7.52. The van der Waals surface area contributed by atoms with Gasteiger partial charge in [0.1, 0.15) is 0 Å². The van der Waals surface area contributed by atoms with Gasteiger partial charge in [0.05, 0.1) is 18.2 Å². The third-order valence-corrected chi connectivity index (χ3v) is 3.57. The molecule has 24 heavy (non-hydrogen) atoms. The van der Waals surface area contributed by atoms with Crippen LogP contribution in [0.3, 0.4) is 0 Å². The van der Waals surface area contributed by atoms with Crippen molar-refractivity contribution in [2.24, 2.45) is 0 Å². The zero-order chi connectivity index (χ0) is 17.1. The summed E-state index contributed by atoms with van der Waals surface area (Å²) in [5.41, 5.74) is 1.55. The molecule has 0 aliphatic carbocycles. The fourth-order valence-electron chi connectivity index (χ4n) is 2.24. The lowest BCUT2D eigenvalue weighted by atomic mass is 10.2. The minimum Gasteiger partial charge on any atom is -0.493 e. The van der Waals surface area contributed by atoms with Gasteiger partial charge in [-0.2, -0.15) is 4.98 Å². The topological polar surface area (TPSA) is 57.4 Å². The highest BCUT2D eigenvalue weighted by Gasteiger charge is 2.17. The first-order valence-corrected chi connectivity index (χ1v) is 7.90. The van der Waals surface area contributed by atoms with Crippen LogP contribution in [0.2, 0.25) is 5.02 Å². The van der Waals surface area contributed by atoms with Crippen molar-refractivity contribution in [2.45, 2.75) is 20.0 Å². The Morgan fingerprint density at radius 1 is 1.08 bits per heavy atom. The number of halogens is 1. The first-order chi connectivity index (χ1) is 11.6. The molecular weight excluding hydrogens is 328 g/mol. The van der Waals surface area contributed by atoms with E-state index in [1.807, 2.05) is 44.2 Å². The second kappa shape index (κ2) is 6.93. The number of hydrogen-bond donors (Lipinski definition) is 0. The zero-order valence-corrected chi connectivity index (χ0v) is 14.4. The van der Waals surface area contributed by atoms with Crippen LogP contribution < -0.4 is 9.47 Å². The molecule has 0 fully saturated rings. The fraction of sp³-hybridized carbons (Fsp3) is 0.222. The highest BCUT2D eigenvalue weighted by molar-refractivity contribution is 6.32. The summed E-state index contributed by atoms with van der Waals surface area (Å²) in [4.78, 5) is 4.43. The molecule has 0 amide bonds. The van der Waals surface area contributed by atoms with Gasteiger partial charge in [0.2, 0.25) is 5.82 Å². The van der Waals surface area contributed by atoms with Crippen LogP contribution in [0.4, 0.5) is 0 Å². The maximum Gasteiger partial charge on any atom is 0.258 e. The van der Waals surface area contributed by atoms with E-state index in [1.165, 1.54) is 0 Å². The number of benzene rings is 2. The fourth-order valence-corrected chi connectivity index (χ4v) is 2.49. The van der Waals surface area contributed by atoms with Gasteiger partial charge in [-0.25, -0.2) is 0 Å². The van der Waals surface area contributed by atoms with E-state index in [-0.39, 0.29) is 6.10 Å². The molecule has 0 unspecified atom stereocenters. The van der Waals surface area contributed by atoms with Crippen LogP contribution in [0.15, 0.2) is 47.0 Å². The maximum atomic E-state index is 6.34. The van der Waals surface area contributed by atoms with Crippen LogP contribution in [-0.2, 0) is 0 Å². The van der Waals surface area contributed by atoms with E-state index in [0.29, 0.717) is 33.8 Å². The van der Waals surface area contributed by atoms with E-state index in [2.05, 4.69) is 10.1 Å². The quantitative estimate of drug-likeness (QED) is 0.662. The molecule has 0 bridgehead atoms. The Bertz CT molecular complexity index is 832. The third-order valence-electron chi connectivity index (χ3n) is 3.29. The SMILES string of the molecule is COc1cc(-c2noc(-c3ccccc3)n2)cc(Cl)c1OC(C)C. The lowest BCUT2D eigenvalue weighted by Crippen LogP contribution is -2.07. The molecule has 5 nitrogen and oxygen atoms in total. The number of hydrogen-bond acceptors (Lipinski definition) is 5. The van der Waals surface area contributed by atoms with Crippen LogP contribution in [0.5, 0.6) is 11.5 Å².